The molecule has 0 fully saturated rings. The van der Waals surface area contributed by atoms with E-state index in [0.717, 1.165) is 12.1 Å². The lowest BCUT2D eigenvalue weighted by molar-refractivity contribution is 0.256. The summed E-state index contributed by atoms with van der Waals surface area (Å²) in [4.78, 5) is 9.00. The van der Waals surface area contributed by atoms with Crippen molar-refractivity contribution in [3.63, 3.8) is 0 Å². The second kappa shape index (κ2) is 5.06. The van der Waals surface area contributed by atoms with Crippen molar-refractivity contribution in [2.45, 2.75) is 0 Å². The van der Waals surface area contributed by atoms with E-state index in [9.17, 15) is 8.78 Å². The molecule has 0 heterocycles. The van der Waals surface area contributed by atoms with Gasteiger partial charge in [0, 0.05) is 0 Å². The maximum Gasteiger partial charge on any atom is 0.309 e. The summed E-state index contributed by atoms with van der Waals surface area (Å²) in [6.45, 7) is 0. The summed E-state index contributed by atoms with van der Waals surface area (Å²) in [5.74, 6) is -1.60. The summed E-state index contributed by atoms with van der Waals surface area (Å²) < 4.78 is 23.9. The lowest BCUT2D eigenvalue weighted by Gasteiger charge is -1.85. The lowest BCUT2D eigenvalue weighted by atomic mass is 10.3. The SMILES string of the molecule is Fc1ccccc1F.NC(N)=O. The quantitative estimate of drug-likeness (QED) is 0.605. The van der Waals surface area contributed by atoms with Gasteiger partial charge in [-0.25, -0.2) is 13.6 Å². The van der Waals surface area contributed by atoms with Gasteiger partial charge in [0.05, 0.1) is 0 Å². The van der Waals surface area contributed by atoms with E-state index in [1.807, 2.05) is 0 Å². The molecule has 0 aliphatic rings. The van der Waals surface area contributed by atoms with E-state index in [1.165, 1.54) is 12.1 Å². The van der Waals surface area contributed by atoms with Crippen LogP contribution in [0.1, 0.15) is 0 Å². The molecular formula is C7H8F2N2O. The second-order valence-electron chi connectivity index (χ2n) is 1.82. The Balaban J connectivity index is 0.000000261. The molecule has 0 bridgehead atoms. The van der Waals surface area contributed by atoms with Gasteiger partial charge in [-0.1, -0.05) is 12.1 Å². The number of hydrogen-bond donors (Lipinski definition) is 2. The zero-order valence-electron chi connectivity index (χ0n) is 6.13. The van der Waals surface area contributed by atoms with Gasteiger partial charge in [-0.15, -0.1) is 0 Å². The van der Waals surface area contributed by atoms with Gasteiger partial charge < -0.3 is 11.5 Å². The van der Waals surface area contributed by atoms with Crippen LogP contribution in [0.3, 0.4) is 0 Å². The number of carbonyl (C=O) groups is 1. The van der Waals surface area contributed by atoms with Gasteiger partial charge in [0.2, 0.25) is 0 Å². The monoisotopic (exact) mass is 174 g/mol. The summed E-state index contributed by atoms with van der Waals surface area (Å²) in [7, 11) is 0. The Morgan fingerprint density at radius 1 is 1.08 bits per heavy atom. The van der Waals surface area contributed by atoms with Crippen LogP contribution in [0.4, 0.5) is 13.6 Å². The molecule has 4 N–H and O–H groups in total. The Hall–Kier alpha value is -1.65. The number of rotatable bonds is 0. The van der Waals surface area contributed by atoms with Crippen LogP contribution in [0, 0.1) is 11.6 Å². The van der Waals surface area contributed by atoms with Crippen LogP contribution in [0.2, 0.25) is 0 Å². The van der Waals surface area contributed by atoms with Crippen LogP contribution in [0.25, 0.3) is 0 Å². The molecule has 0 aromatic heterocycles. The number of urea groups is 1. The molecule has 0 unspecified atom stereocenters. The third-order valence-corrected chi connectivity index (χ3v) is 0.824. The fourth-order valence-corrected chi connectivity index (χ4v) is 0.439. The standard InChI is InChI=1S/C6H4F2.CH4N2O/c7-5-3-1-2-4-6(5)8;2-1(3)4/h1-4H;(H4,2,3,4). The molecular weight excluding hydrogens is 166 g/mol. The number of amides is 2. The summed E-state index contributed by atoms with van der Waals surface area (Å²) in [5.41, 5.74) is 8.50. The van der Waals surface area contributed by atoms with E-state index >= 15 is 0 Å². The Kier molecular flexibility index (Phi) is 4.36. The Morgan fingerprint density at radius 2 is 1.33 bits per heavy atom. The van der Waals surface area contributed by atoms with Crippen molar-refractivity contribution in [3.8, 4) is 0 Å². The molecule has 0 saturated carbocycles. The Morgan fingerprint density at radius 3 is 1.50 bits per heavy atom. The number of halogens is 2. The molecule has 66 valence electrons. The van der Waals surface area contributed by atoms with Crippen LogP contribution in [0.5, 0.6) is 0 Å². The number of benzene rings is 1. The van der Waals surface area contributed by atoms with Crippen molar-refractivity contribution in [1.82, 2.24) is 0 Å². The second-order valence-corrected chi connectivity index (χ2v) is 1.82. The van der Waals surface area contributed by atoms with Crippen molar-refractivity contribution in [2.24, 2.45) is 11.5 Å². The fraction of sp³-hybridized carbons (Fsp3) is 0. The fourth-order valence-electron chi connectivity index (χ4n) is 0.439. The maximum atomic E-state index is 11.9. The zero-order valence-corrected chi connectivity index (χ0v) is 6.13. The third-order valence-electron chi connectivity index (χ3n) is 0.824. The van der Waals surface area contributed by atoms with Crippen molar-refractivity contribution >= 4 is 6.03 Å². The van der Waals surface area contributed by atoms with Crippen molar-refractivity contribution in [1.29, 1.82) is 0 Å². The van der Waals surface area contributed by atoms with Gasteiger partial charge in [-0.2, -0.15) is 0 Å². The van der Waals surface area contributed by atoms with Crippen molar-refractivity contribution in [2.75, 3.05) is 0 Å². The number of nitrogens with two attached hydrogens (primary N) is 2. The summed E-state index contributed by atoms with van der Waals surface area (Å²) >= 11 is 0. The minimum absolute atomic E-state index is 0.799. The molecule has 1 aromatic rings. The smallest absolute Gasteiger partial charge is 0.309 e. The molecule has 12 heavy (non-hydrogen) atoms. The van der Waals surface area contributed by atoms with E-state index < -0.39 is 17.7 Å². The van der Waals surface area contributed by atoms with E-state index in [0.29, 0.717) is 0 Å². The predicted octanol–water partition coefficient (Wildman–Crippen LogP) is 0.989. The molecule has 0 radical (unpaired) electrons. The van der Waals surface area contributed by atoms with Gasteiger partial charge in [0.1, 0.15) is 0 Å². The Labute approximate surface area is 68.0 Å². The molecule has 1 aromatic carbocycles. The summed E-state index contributed by atoms with van der Waals surface area (Å²) in [5, 5.41) is 0. The highest BCUT2D eigenvalue weighted by Crippen LogP contribution is 2.01. The van der Waals surface area contributed by atoms with Crippen LogP contribution < -0.4 is 11.5 Å². The highest BCUT2D eigenvalue weighted by Gasteiger charge is 1.93. The lowest BCUT2D eigenvalue weighted by Crippen LogP contribution is -2.18. The van der Waals surface area contributed by atoms with Gasteiger partial charge in [-0.05, 0) is 12.1 Å². The number of hydrogen-bond acceptors (Lipinski definition) is 1. The first-order valence-electron chi connectivity index (χ1n) is 2.99. The van der Waals surface area contributed by atoms with Crippen molar-refractivity contribution in [3.05, 3.63) is 35.9 Å². The molecule has 1 rings (SSSR count). The largest absolute Gasteiger partial charge is 0.352 e. The molecule has 0 atom stereocenters. The average Bonchev–Trinajstić information content (AvgIpc) is 1.94. The minimum Gasteiger partial charge on any atom is -0.352 e. The number of primary amides is 2. The molecule has 0 aliphatic heterocycles. The molecule has 0 spiro atoms. The molecule has 3 nitrogen and oxygen atoms in total. The summed E-state index contributed by atoms with van der Waals surface area (Å²) in [6, 6.07) is 4.21. The average molecular weight is 174 g/mol. The first-order valence-corrected chi connectivity index (χ1v) is 2.99. The maximum absolute atomic E-state index is 11.9. The van der Waals surface area contributed by atoms with E-state index in [-0.39, 0.29) is 0 Å². The highest BCUT2D eigenvalue weighted by molar-refractivity contribution is 5.69. The highest BCUT2D eigenvalue weighted by atomic mass is 19.2. The first-order chi connectivity index (χ1) is 5.54. The first kappa shape index (κ1) is 10.3. The van der Waals surface area contributed by atoms with E-state index in [1.54, 1.807) is 0 Å². The van der Waals surface area contributed by atoms with E-state index in [4.69, 9.17) is 4.79 Å². The third kappa shape index (κ3) is 5.16. The predicted molar refractivity (Wildman–Crippen MR) is 40.1 cm³/mol. The normalized spacial score (nSPS) is 8.17. The van der Waals surface area contributed by atoms with Crippen LogP contribution in [-0.2, 0) is 0 Å². The topological polar surface area (TPSA) is 69.1 Å². The van der Waals surface area contributed by atoms with Crippen LogP contribution in [-0.4, -0.2) is 6.03 Å². The summed E-state index contributed by atoms with van der Waals surface area (Å²) in [6.07, 6.45) is 0. The number of carbonyl (C=O) groups excluding carboxylic acids is 1. The van der Waals surface area contributed by atoms with Crippen LogP contribution >= 0.6 is 0 Å². The molecule has 0 saturated heterocycles. The molecule has 2 amide bonds. The molecule has 0 aliphatic carbocycles. The van der Waals surface area contributed by atoms with E-state index in [2.05, 4.69) is 11.5 Å². The Bertz CT molecular complexity index is 240. The zero-order chi connectivity index (χ0) is 9.56. The van der Waals surface area contributed by atoms with Crippen LogP contribution in [0.15, 0.2) is 24.3 Å². The van der Waals surface area contributed by atoms with Gasteiger partial charge in [-0.3, -0.25) is 0 Å². The minimum atomic E-state index is -0.833. The van der Waals surface area contributed by atoms with Gasteiger partial charge in [0.25, 0.3) is 0 Å². The van der Waals surface area contributed by atoms with Gasteiger partial charge in [0.15, 0.2) is 11.6 Å². The van der Waals surface area contributed by atoms with Crippen molar-refractivity contribution < 1.29 is 13.6 Å². The molecule has 5 heteroatoms. The van der Waals surface area contributed by atoms with Gasteiger partial charge >= 0.3 is 6.03 Å².